The maximum Gasteiger partial charge on any atom is 0.279 e. The number of nitrogens with one attached hydrogen (secondary N) is 1. The molecule has 23 heavy (non-hydrogen) atoms. The second-order valence-corrected chi connectivity index (χ2v) is 5.85. The monoisotopic (exact) mass is 313 g/mol. The zero-order valence-corrected chi connectivity index (χ0v) is 13.2. The summed E-state index contributed by atoms with van der Waals surface area (Å²) in [6.07, 6.45) is -0.166. The summed E-state index contributed by atoms with van der Waals surface area (Å²) in [5.41, 5.74) is 2.44. The van der Waals surface area contributed by atoms with Crippen LogP contribution in [0.2, 0.25) is 0 Å². The quantitative estimate of drug-likeness (QED) is 0.834. The number of aliphatic hydroxyl groups excluding tert-OH is 1. The number of aromatic nitrogens is 2. The number of H-pyrrole nitrogens is 1. The number of nitrogens with zero attached hydrogens (tertiary/aromatic N) is 2. The maximum atomic E-state index is 12.7. The fourth-order valence-electron chi connectivity index (χ4n) is 2.81. The number of carbonyl (C=O) groups excluding carboxylic acids is 1. The van der Waals surface area contributed by atoms with E-state index < -0.39 is 17.6 Å². The van der Waals surface area contributed by atoms with Crippen molar-refractivity contribution in [2.24, 2.45) is 0 Å². The van der Waals surface area contributed by atoms with Crippen LogP contribution in [0.3, 0.4) is 0 Å². The Kier molecular flexibility index (Phi) is 4.00. The third kappa shape index (κ3) is 2.90. The van der Waals surface area contributed by atoms with Crippen molar-refractivity contribution in [2.45, 2.75) is 32.9 Å². The van der Waals surface area contributed by atoms with Gasteiger partial charge >= 0.3 is 0 Å². The third-order valence-corrected chi connectivity index (χ3v) is 4.28. The van der Waals surface area contributed by atoms with E-state index in [1.807, 2.05) is 24.3 Å². The van der Waals surface area contributed by atoms with E-state index in [9.17, 15) is 14.7 Å². The van der Waals surface area contributed by atoms with E-state index in [1.54, 1.807) is 18.7 Å². The highest BCUT2D eigenvalue weighted by Crippen LogP contribution is 2.26. The summed E-state index contributed by atoms with van der Waals surface area (Å²) in [4.78, 5) is 33.2. The maximum absolute atomic E-state index is 12.7. The molecule has 0 bridgehead atoms. The van der Waals surface area contributed by atoms with Gasteiger partial charge in [0.15, 0.2) is 5.69 Å². The summed E-state index contributed by atoms with van der Waals surface area (Å²) >= 11 is 0. The fourth-order valence-corrected chi connectivity index (χ4v) is 2.81. The Morgan fingerprint density at radius 2 is 2.09 bits per heavy atom. The van der Waals surface area contributed by atoms with E-state index in [2.05, 4.69) is 9.97 Å². The molecular formula is C17H19N3O3. The molecule has 120 valence electrons. The van der Waals surface area contributed by atoms with Crippen LogP contribution in [0.5, 0.6) is 0 Å². The lowest BCUT2D eigenvalue weighted by Gasteiger charge is -2.20. The Morgan fingerprint density at radius 3 is 2.87 bits per heavy atom. The second-order valence-electron chi connectivity index (χ2n) is 5.85. The summed E-state index contributed by atoms with van der Waals surface area (Å²) in [6.45, 7) is 4.24. The number of hydrogen-bond donors (Lipinski definition) is 2. The molecular weight excluding hydrogens is 294 g/mol. The second kappa shape index (κ2) is 5.96. The number of carbonyl (C=O) groups is 1. The van der Waals surface area contributed by atoms with Crippen LogP contribution in [0.4, 0.5) is 0 Å². The molecule has 0 radical (unpaired) electrons. The predicted octanol–water partition coefficient (Wildman–Crippen LogP) is 1.47. The molecule has 1 amide bonds. The molecule has 1 unspecified atom stereocenters. The van der Waals surface area contributed by atoms with Crippen LogP contribution in [0.15, 0.2) is 29.1 Å². The normalized spacial score (nSPS) is 17.5. The van der Waals surface area contributed by atoms with E-state index in [4.69, 9.17) is 0 Å². The number of aliphatic hydroxyl groups is 1. The van der Waals surface area contributed by atoms with Crippen LogP contribution in [0.1, 0.15) is 45.5 Å². The van der Waals surface area contributed by atoms with Crippen LogP contribution in [0.25, 0.3) is 0 Å². The van der Waals surface area contributed by atoms with E-state index in [-0.39, 0.29) is 5.69 Å². The number of hydrogen-bond acceptors (Lipinski definition) is 4. The molecule has 6 heteroatoms. The van der Waals surface area contributed by atoms with E-state index >= 15 is 0 Å². The first-order valence-electron chi connectivity index (χ1n) is 7.60. The van der Waals surface area contributed by atoms with Gasteiger partial charge < -0.3 is 15.0 Å². The topological polar surface area (TPSA) is 86.3 Å². The highest BCUT2D eigenvalue weighted by atomic mass is 16.3. The lowest BCUT2D eigenvalue weighted by atomic mass is 10.0. The Labute approximate surface area is 133 Å². The number of benzene rings is 1. The Hall–Kier alpha value is -2.47. The molecule has 0 spiro atoms. The molecule has 1 aliphatic heterocycles. The molecule has 1 aliphatic rings. The van der Waals surface area contributed by atoms with Crippen molar-refractivity contribution in [1.29, 1.82) is 0 Å². The zero-order chi connectivity index (χ0) is 16.6. The Bertz CT molecular complexity index is 813. The van der Waals surface area contributed by atoms with Crippen molar-refractivity contribution in [3.8, 4) is 0 Å². The Balaban J connectivity index is 1.95. The molecule has 1 atom stereocenters. The van der Waals surface area contributed by atoms with Crippen molar-refractivity contribution >= 4 is 5.91 Å². The molecule has 0 saturated heterocycles. The molecule has 0 aliphatic carbocycles. The lowest BCUT2D eigenvalue weighted by molar-refractivity contribution is 0.0715. The molecule has 3 rings (SSSR count). The molecule has 0 saturated carbocycles. The van der Waals surface area contributed by atoms with Crippen molar-refractivity contribution in [2.75, 3.05) is 6.54 Å². The van der Waals surface area contributed by atoms with Gasteiger partial charge in [0.1, 0.15) is 0 Å². The van der Waals surface area contributed by atoms with Gasteiger partial charge in [-0.05, 0) is 31.4 Å². The highest BCUT2D eigenvalue weighted by Gasteiger charge is 2.26. The van der Waals surface area contributed by atoms with Crippen LogP contribution >= 0.6 is 0 Å². The third-order valence-electron chi connectivity index (χ3n) is 4.28. The lowest BCUT2D eigenvalue weighted by Crippen LogP contribution is -2.36. The highest BCUT2D eigenvalue weighted by molar-refractivity contribution is 5.92. The van der Waals surface area contributed by atoms with Crippen LogP contribution in [-0.2, 0) is 6.54 Å². The first-order chi connectivity index (χ1) is 11.0. The number of aromatic amines is 1. The van der Waals surface area contributed by atoms with Gasteiger partial charge in [-0.15, -0.1) is 0 Å². The first-order valence-corrected chi connectivity index (χ1v) is 7.60. The fraction of sp³-hybridized carbons (Fsp3) is 0.353. The number of amides is 1. The van der Waals surface area contributed by atoms with Crippen molar-refractivity contribution in [3.63, 3.8) is 0 Å². The summed E-state index contributed by atoms with van der Waals surface area (Å²) < 4.78 is 0. The number of fused-ring (bicyclic) bond motifs is 1. The van der Waals surface area contributed by atoms with E-state index in [0.29, 0.717) is 30.9 Å². The van der Waals surface area contributed by atoms with Gasteiger partial charge in [0.2, 0.25) is 0 Å². The molecule has 0 fully saturated rings. The largest absolute Gasteiger partial charge is 0.388 e. The summed E-state index contributed by atoms with van der Waals surface area (Å²) in [5, 5.41) is 10.2. The minimum Gasteiger partial charge on any atom is -0.388 e. The first kappa shape index (κ1) is 15.4. The molecule has 2 aromatic rings. The van der Waals surface area contributed by atoms with Gasteiger partial charge in [0.25, 0.3) is 11.5 Å². The molecule has 2 heterocycles. The Morgan fingerprint density at radius 1 is 1.35 bits per heavy atom. The van der Waals surface area contributed by atoms with Gasteiger partial charge in [-0.3, -0.25) is 9.59 Å². The average Bonchev–Trinajstić information content (AvgIpc) is 2.70. The molecule has 6 nitrogen and oxygen atoms in total. The van der Waals surface area contributed by atoms with Gasteiger partial charge in [-0.1, -0.05) is 24.3 Å². The van der Waals surface area contributed by atoms with Gasteiger partial charge in [0, 0.05) is 18.8 Å². The average molecular weight is 313 g/mol. The van der Waals surface area contributed by atoms with E-state index in [1.165, 1.54) is 0 Å². The van der Waals surface area contributed by atoms with Crippen LogP contribution in [-0.4, -0.2) is 32.4 Å². The predicted molar refractivity (Wildman–Crippen MR) is 85.1 cm³/mol. The molecule has 2 N–H and O–H groups in total. The van der Waals surface area contributed by atoms with Gasteiger partial charge in [-0.2, -0.15) is 0 Å². The summed E-state index contributed by atoms with van der Waals surface area (Å²) in [7, 11) is 0. The zero-order valence-electron chi connectivity index (χ0n) is 13.2. The minimum atomic E-state index is -0.602. The number of rotatable bonds is 1. The van der Waals surface area contributed by atoms with Crippen molar-refractivity contribution < 1.29 is 9.90 Å². The SMILES string of the molecule is Cc1nc(C(=O)N2CCC(O)c3ccccc3C2)c(=O)[nH]c1C. The smallest absolute Gasteiger partial charge is 0.279 e. The van der Waals surface area contributed by atoms with Crippen LogP contribution < -0.4 is 5.56 Å². The molecule has 1 aromatic carbocycles. The molecule has 1 aromatic heterocycles. The minimum absolute atomic E-state index is 0.0954. The van der Waals surface area contributed by atoms with Gasteiger partial charge in [-0.25, -0.2) is 4.98 Å². The number of aryl methyl sites for hydroxylation is 2. The van der Waals surface area contributed by atoms with Crippen LogP contribution in [0, 0.1) is 13.8 Å². The van der Waals surface area contributed by atoms with Crippen molar-refractivity contribution in [3.05, 3.63) is 62.8 Å². The van der Waals surface area contributed by atoms with E-state index in [0.717, 1.165) is 11.1 Å². The standard InChI is InChI=1S/C17H19N3O3/c1-10-11(2)19-16(22)15(18-10)17(23)20-8-7-14(21)13-6-4-3-5-12(13)9-20/h3-6,14,21H,7-9H2,1-2H3,(H,19,22). The van der Waals surface area contributed by atoms with Crippen molar-refractivity contribution in [1.82, 2.24) is 14.9 Å². The summed E-state index contributed by atoms with van der Waals surface area (Å²) in [6, 6.07) is 7.51. The van der Waals surface area contributed by atoms with Gasteiger partial charge in [0.05, 0.1) is 11.8 Å². The summed E-state index contributed by atoms with van der Waals surface area (Å²) in [5.74, 6) is -0.404.